The molecule has 150 valence electrons. The van der Waals surface area contributed by atoms with Gasteiger partial charge in [0.1, 0.15) is 11.5 Å². The third kappa shape index (κ3) is 5.32. The standard InChI is InChI=1S/C22H22FN3O2S/c1-3-15(2)24-20(27)14-29-22-25-19(13-16-7-5-4-6-8-16)21(28)26(22)18-11-9-17(23)10-12-18/h4-13,15H,3,14H2,1-2H3,(H,24,27)/b19-13-/t15-/m1/s1. The van der Waals surface area contributed by atoms with Crippen LogP contribution in [0.3, 0.4) is 0 Å². The molecule has 0 fully saturated rings. The number of nitrogens with one attached hydrogen (secondary N) is 1. The first-order valence-corrected chi connectivity index (χ1v) is 10.3. The molecule has 3 rings (SSSR count). The number of aliphatic imine (C=N–C) groups is 1. The average Bonchev–Trinajstić information content (AvgIpc) is 3.03. The minimum atomic E-state index is -0.389. The number of anilines is 1. The summed E-state index contributed by atoms with van der Waals surface area (Å²) in [7, 11) is 0. The predicted octanol–water partition coefficient (Wildman–Crippen LogP) is 4.22. The second-order valence-electron chi connectivity index (χ2n) is 6.62. The van der Waals surface area contributed by atoms with E-state index >= 15 is 0 Å². The van der Waals surface area contributed by atoms with Gasteiger partial charge in [-0.15, -0.1) is 0 Å². The van der Waals surface area contributed by atoms with Crippen molar-refractivity contribution in [1.29, 1.82) is 0 Å². The Bertz CT molecular complexity index is 942. The van der Waals surface area contributed by atoms with Crippen molar-refractivity contribution in [2.24, 2.45) is 4.99 Å². The molecule has 5 nitrogen and oxygen atoms in total. The van der Waals surface area contributed by atoms with Gasteiger partial charge >= 0.3 is 0 Å². The highest BCUT2D eigenvalue weighted by atomic mass is 32.2. The van der Waals surface area contributed by atoms with E-state index in [4.69, 9.17) is 0 Å². The molecular formula is C22H22FN3O2S. The minimum Gasteiger partial charge on any atom is -0.353 e. The molecule has 0 spiro atoms. The van der Waals surface area contributed by atoms with E-state index in [1.54, 1.807) is 6.08 Å². The lowest BCUT2D eigenvalue weighted by Crippen LogP contribution is -2.35. The molecular weight excluding hydrogens is 389 g/mol. The Balaban J connectivity index is 1.86. The molecule has 1 aliphatic rings. The highest BCUT2D eigenvalue weighted by Crippen LogP contribution is 2.29. The first-order chi connectivity index (χ1) is 14.0. The van der Waals surface area contributed by atoms with Gasteiger partial charge < -0.3 is 5.32 Å². The van der Waals surface area contributed by atoms with Crippen molar-refractivity contribution in [3.63, 3.8) is 0 Å². The van der Waals surface area contributed by atoms with Gasteiger partial charge in [0.2, 0.25) is 5.91 Å². The van der Waals surface area contributed by atoms with E-state index in [0.717, 1.165) is 12.0 Å². The molecule has 1 heterocycles. The number of rotatable bonds is 6. The summed E-state index contributed by atoms with van der Waals surface area (Å²) in [6, 6.07) is 15.1. The Kier molecular flexibility index (Phi) is 6.82. The van der Waals surface area contributed by atoms with Gasteiger partial charge in [-0.2, -0.15) is 0 Å². The molecule has 0 saturated carbocycles. The number of hydrogen-bond acceptors (Lipinski definition) is 4. The zero-order valence-corrected chi connectivity index (χ0v) is 17.1. The number of hydrogen-bond donors (Lipinski definition) is 1. The second kappa shape index (κ2) is 9.52. The molecule has 1 aliphatic heterocycles. The van der Waals surface area contributed by atoms with Crippen LogP contribution in [0.25, 0.3) is 6.08 Å². The van der Waals surface area contributed by atoms with Crippen molar-refractivity contribution in [3.05, 3.63) is 71.7 Å². The van der Waals surface area contributed by atoms with Crippen molar-refractivity contribution >= 4 is 40.5 Å². The fourth-order valence-corrected chi connectivity index (χ4v) is 3.49. The van der Waals surface area contributed by atoms with Gasteiger partial charge in [-0.3, -0.25) is 14.5 Å². The van der Waals surface area contributed by atoms with Gasteiger partial charge in [0, 0.05) is 6.04 Å². The first-order valence-electron chi connectivity index (χ1n) is 9.35. The van der Waals surface area contributed by atoms with Crippen LogP contribution >= 0.6 is 11.8 Å². The predicted molar refractivity (Wildman–Crippen MR) is 116 cm³/mol. The number of halogens is 1. The van der Waals surface area contributed by atoms with Crippen LogP contribution in [0.2, 0.25) is 0 Å². The number of carbonyl (C=O) groups is 2. The highest BCUT2D eigenvalue weighted by Gasteiger charge is 2.32. The van der Waals surface area contributed by atoms with Gasteiger partial charge in [0.15, 0.2) is 5.17 Å². The molecule has 0 aliphatic carbocycles. The molecule has 0 saturated heterocycles. The van der Waals surface area contributed by atoms with Crippen molar-refractivity contribution in [3.8, 4) is 0 Å². The van der Waals surface area contributed by atoms with E-state index in [9.17, 15) is 14.0 Å². The summed E-state index contributed by atoms with van der Waals surface area (Å²) in [5, 5.41) is 3.29. The molecule has 0 unspecified atom stereocenters. The van der Waals surface area contributed by atoms with Crippen LogP contribution in [0.5, 0.6) is 0 Å². The lowest BCUT2D eigenvalue weighted by molar-refractivity contribution is -0.119. The van der Waals surface area contributed by atoms with Crippen molar-refractivity contribution in [1.82, 2.24) is 5.32 Å². The van der Waals surface area contributed by atoms with Gasteiger partial charge in [-0.1, -0.05) is 49.0 Å². The molecule has 7 heteroatoms. The first kappa shape index (κ1) is 20.8. The molecule has 0 bridgehead atoms. The Hall–Kier alpha value is -2.93. The molecule has 29 heavy (non-hydrogen) atoms. The number of nitrogens with zero attached hydrogens (tertiary/aromatic N) is 2. The SMILES string of the molecule is CC[C@@H](C)NC(=O)CSC1=N/C(=C\c2ccccc2)C(=O)N1c1ccc(F)cc1. The van der Waals surface area contributed by atoms with E-state index in [0.29, 0.717) is 10.9 Å². The third-order valence-electron chi connectivity index (χ3n) is 4.37. The molecule has 2 aromatic carbocycles. The molecule has 0 radical (unpaired) electrons. The fraction of sp³-hybridized carbons (Fsp3) is 0.227. The Labute approximate surface area is 173 Å². The summed E-state index contributed by atoms with van der Waals surface area (Å²) in [5.74, 6) is -0.698. The second-order valence-corrected chi connectivity index (χ2v) is 7.56. The number of benzene rings is 2. The van der Waals surface area contributed by atoms with Gasteiger partial charge in [0.25, 0.3) is 5.91 Å². The van der Waals surface area contributed by atoms with Crippen LogP contribution in [-0.2, 0) is 9.59 Å². The summed E-state index contributed by atoms with van der Waals surface area (Å²) >= 11 is 1.18. The zero-order chi connectivity index (χ0) is 20.8. The Morgan fingerprint density at radius 3 is 2.55 bits per heavy atom. The largest absolute Gasteiger partial charge is 0.353 e. The Morgan fingerprint density at radius 1 is 1.21 bits per heavy atom. The zero-order valence-electron chi connectivity index (χ0n) is 16.3. The molecule has 2 amide bonds. The van der Waals surface area contributed by atoms with Crippen molar-refractivity contribution < 1.29 is 14.0 Å². The summed E-state index contributed by atoms with van der Waals surface area (Å²) < 4.78 is 13.3. The topological polar surface area (TPSA) is 61.8 Å². The maximum absolute atomic E-state index is 13.3. The van der Waals surface area contributed by atoms with Gasteiger partial charge in [0.05, 0.1) is 11.4 Å². The maximum atomic E-state index is 13.3. The number of carbonyl (C=O) groups excluding carboxylic acids is 2. The molecule has 0 aromatic heterocycles. The monoisotopic (exact) mass is 411 g/mol. The van der Waals surface area contributed by atoms with Crippen LogP contribution in [0.15, 0.2) is 65.3 Å². The van der Waals surface area contributed by atoms with E-state index in [1.807, 2.05) is 44.2 Å². The van der Waals surface area contributed by atoms with Crippen LogP contribution in [0.1, 0.15) is 25.8 Å². The van der Waals surface area contributed by atoms with Crippen LogP contribution in [0, 0.1) is 5.82 Å². The summed E-state index contributed by atoms with van der Waals surface area (Å²) in [5.41, 5.74) is 1.62. The number of amidine groups is 1. The lowest BCUT2D eigenvalue weighted by Gasteiger charge is -2.18. The third-order valence-corrected chi connectivity index (χ3v) is 5.31. The fourth-order valence-electron chi connectivity index (χ4n) is 2.67. The van der Waals surface area contributed by atoms with Crippen molar-refractivity contribution in [2.45, 2.75) is 26.3 Å². The van der Waals surface area contributed by atoms with E-state index in [1.165, 1.54) is 40.9 Å². The average molecular weight is 412 g/mol. The normalized spacial score (nSPS) is 16.1. The maximum Gasteiger partial charge on any atom is 0.283 e. The molecule has 1 N–H and O–H groups in total. The van der Waals surface area contributed by atoms with E-state index < -0.39 is 0 Å². The lowest BCUT2D eigenvalue weighted by atomic mass is 10.2. The van der Waals surface area contributed by atoms with Crippen molar-refractivity contribution in [2.75, 3.05) is 10.7 Å². The van der Waals surface area contributed by atoms with Crippen LogP contribution in [-0.4, -0.2) is 28.8 Å². The molecule has 2 aromatic rings. The summed E-state index contributed by atoms with van der Waals surface area (Å²) in [6.07, 6.45) is 2.53. The summed E-state index contributed by atoms with van der Waals surface area (Å²) in [6.45, 7) is 3.93. The van der Waals surface area contributed by atoms with Gasteiger partial charge in [-0.25, -0.2) is 9.38 Å². The van der Waals surface area contributed by atoms with Crippen LogP contribution < -0.4 is 10.2 Å². The minimum absolute atomic E-state index is 0.0805. The highest BCUT2D eigenvalue weighted by molar-refractivity contribution is 8.14. The number of amides is 2. The van der Waals surface area contributed by atoms with Crippen LogP contribution in [0.4, 0.5) is 10.1 Å². The smallest absolute Gasteiger partial charge is 0.283 e. The molecule has 1 atom stereocenters. The van der Waals surface area contributed by atoms with E-state index in [-0.39, 0.29) is 35.1 Å². The Morgan fingerprint density at radius 2 is 1.90 bits per heavy atom. The summed E-state index contributed by atoms with van der Waals surface area (Å²) in [4.78, 5) is 31.0. The van der Waals surface area contributed by atoms with E-state index in [2.05, 4.69) is 10.3 Å². The quantitative estimate of drug-likeness (QED) is 0.724. The van der Waals surface area contributed by atoms with Gasteiger partial charge in [-0.05, 0) is 49.2 Å². The number of thioether (sulfide) groups is 1.